The van der Waals surface area contributed by atoms with E-state index in [-0.39, 0.29) is 11.7 Å². The number of furan rings is 1. The molecule has 3 aromatic rings. The number of aromatic nitrogens is 1. The predicted octanol–water partition coefficient (Wildman–Crippen LogP) is 3.20. The van der Waals surface area contributed by atoms with Crippen molar-refractivity contribution in [1.29, 1.82) is 0 Å². The number of rotatable bonds is 6. The van der Waals surface area contributed by atoms with Crippen LogP contribution in [0.2, 0.25) is 0 Å². The fourth-order valence-corrected chi connectivity index (χ4v) is 4.42. The van der Waals surface area contributed by atoms with Crippen molar-refractivity contribution < 1.29 is 19.2 Å². The number of oxime groups is 1. The summed E-state index contributed by atoms with van der Waals surface area (Å²) in [4.78, 5) is 19.2. The zero-order valence-electron chi connectivity index (χ0n) is 18.3. The molecule has 1 aliphatic heterocycles. The van der Waals surface area contributed by atoms with E-state index in [2.05, 4.69) is 26.4 Å². The first kappa shape index (κ1) is 21.4. The minimum absolute atomic E-state index is 0.235. The van der Waals surface area contributed by atoms with Crippen molar-refractivity contribution in [3.8, 4) is 22.5 Å². The second-order valence-corrected chi connectivity index (χ2v) is 8.22. The number of nitrogens with zero attached hydrogens (tertiary/aromatic N) is 3. The average molecular weight is 447 g/mol. The highest BCUT2D eigenvalue weighted by Crippen LogP contribution is 2.37. The van der Waals surface area contributed by atoms with Crippen molar-refractivity contribution >= 4 is 11.6 Å². The molecule has 0 spiro atoms. The maximum atomic E-state index is 12.9. The van der Waals surface area contributed by atoms with Crippen molar-refractivity contribution in [2.24, 2.45) is 5.16 Å². The van der Waals surface area contributed by atoms with Gasteiger partial charge in [0.15, 0.2) is 5.76 Å². The minimum atomic E-state index is -0.235. The standard InChI is InChI=1S/C25H26N4O4/c30-25(27-9-10-29-11-13-32-14-12-29)23-16-21(24(33-23)17-5-7-26-8-6-17)19-1-3-20-18(15-19)2-4-22(20)28-31/h1,3,5-8,15-16,31H,2,4,9-14H2,(H,27,30)/b28-22+. The van der Waals surface area contributed by atoms with E-state index in [1.54, 1.807) is 18.5 Å². The summed E-state index contributed by atoms with van der Waals surface area (Å²) in [6.45, 7) is 4.55. The molecule has 0 atom stereocenters. The molecule has 2 aliphatic rings. The molecule has 8 nitrogen and oxygen atoms in total. The second kappa shape index (κ2) is 9.56. The van der Waals surface area contributed by atoms with Crippen LogP contribution in [0, 0.1) is 0 Å². The van der Waals surface area contributed by atoms with E-state index in [1.165, 1.54) is 0 Å². The van der Waals surface area contributed by atoms with Crippen molar-refractivity contribution in [2.45, 2.75) is 12.8 Å². The summed E-state index contributed by atoms with van der Waals surface area (Å²) >= 11 is 0. The lowest BCUT2D eigenvalue weighted by molar-refractivity contribution is 0.0382. The number of morpholine rings is 1. The molecule has 2 N–H and O–H groups in total. The lowest BCUT2D eigenvalue weighted by Crippen LogP contribution is -2.41. The van der Waals surface area contributed by atoms with E-state index in [0.29, 0.717) is 24.4 Å². The van der Waals surface area contributed by atoms with E-state index >= 15 is 0 Å². The van der Waals surface area contributed by atoms with Gasteiger partial charge in [0.1, 0.15) is 5.76 Å². The van der Waals surface area contributed by atoms with Gasteiger partial charge in [-0.3, -0.25) is 14.7 Å². The van der Waals surface area contributed by atoms with Gasteiger partial charge in [0, 0.05) is 55.3 Å². The quantitative estimate of drug-likeness (QED) is 0.446. The van der Waals surface area contributed by atoms with Crippen molar-refractivity contribution in [2.75, 3.05) is 39.4 Å². The van der Waals surface area contributed by atoms with Crippen LogP contribution < -0.4 is 5.32 Å². The third-order valence-corrected chi connectivity index (χ3v) is 6.19. The van der Waals surface area contributed by atoms with E-state index in [9.17, 15) is 10.0 Å². The first-order valence-electron chi connectivity index (χ1n) is 11.2. The number of benzene rings is 1. The molecule has 3 heterocycles. The number of pyridine rings is 1. The molecule has 0 saturated carbocycles. The highest BCUT2D eigenvalue weighted by atomic mass is 16.5. The lowest BCUT2D eigenvalue weighted by atomic mass is 9.98. The first-order valence-corrected chi connectivity index (χ1v) is 11.2. The summed E-state index contributed by atoms with van der Waals surface area (Å²) in [5.74, 6) is 0.669. The Morgan fingerprint density at radius 2 is 1.88 bits per heavy atom. The fraction of sp³-hybridized carbons (Fsp3) is 0.320. The smallest absolute Gasteiger partial charge is 0.287 e. The molecule has 1 aromatic carbocycles. The van der Waals surface area contributed by atoms with Gasteiger partial charge in [0.2, 0.25) is 0 Å². The van der Waals surface area contributed by atoms with Gasteiger partial charge < -0.3 is 19.7 Å². The molecule has 1 fully saturated rings. The second-order valence-electron chi connectivity index (χ2n) is 8.22. The highest BCUT2D eigenvalue weighted by Gasteiger charge is 2.23. The van der Waals surface area contributed by atoms with Gasteiger partial charge in [-0.2, -0.15) is 0 Å². The van der Waals surface area contributed by atoms with Crippen LogP contribution in [-0.4, -0.2) is 66.1 Å². The van der Waals surface area contributed by atoms with Gasteiger partial charge in [0.05, 0.1) is 18.9 Å². The van der Waals surface area contributed by atoms with Crippen LogP contribution in [0.4, 0.5) is 0 Å². The van der Waals surface area contributed by atoms with Crippen LogP contribution >= 0.6 is 0 Å². The molecular formula is C25H26N4O4. The SMILES string of the molecule is O=C(NCCN1CCOCC1)c1cc(-c2ccc3c(c2)CC/C3=N\O)c(-c2ccncc2)o1. The van der Waals surface area contributed by atoms with Gasteiger partial charge in [-0.25, -0.2) is 0 Å². The van der Waals surface area contributed by atoms with E-state index < -0.39 is 0 Å². The molecule has 170 valence electrons. The zero-order chi connectivity index (χ0) is 22.6. The van der Waals surface area contributed by atoms with Crippen molar-refractivity contribution in [3.05, 3.63) is 65.7 Å². The first-order chi connectivity index (χ1) is 16.2. The van der Waals surface area contributed by atoms with E-state index in [1.807, 2.05) is 24.3 Å². The Bertz CT molecular complexity index is 1170. The normalized spacial score (nSPS) is 17.3. The Kier molecular flexibility index (Phi) is 6.19. The molecule has 0 radical (unpaired) electrons. The van der Waals surface area contributed by atoms with Crippen LogP contribution in [-0.2, 0) is 11.2 Å². The molecule has 1 saturated heterocycles. The summed E-state index contributed by atoms with van der Waals surface area (Å²) < 4.78 is 11.5. The van der Waals surface area contributed by atoms with Crippen LogP contribution in [0.1, 0.15) is 28.1 Å². The number of aryl methyl sites for hydroxylation is 1. The number of carbonyl (C=O) groups excluding carboxylic acids is 1. The number of carbonyl (C=O) groups is 1. The summed E-state index contributed by atoms with van der Waals surface area (Å²) in [5.41, 5.74) is 5.45. The van der Waals surface area contributed by atoms with Gasteiger partial charge in [0.25, 0.3) is 5.91 Å². The number of ether oxygens (including phenoxy) is 1. The zero-order valence-corrected chi connectivity index (χ0v) is 18.3. The molecule has 1 amide bonds. The van der Waals surface area contributed by atoms with E-state index in [4.69, 9.17) is 9.15 Å². The number of fused-ring (bicyclic) bond motifs is 1. The maximum Gasteiger partial charge on any atom is 0.287 e. The average Bonchev–Trinajstić information content (AvgIpc) is 3.49. The Balaban J connectivity index is 1.41. The van der Waals surface area contributed by atoms with Crippen LogP contribution in [0.3, 0.4) is 0 Å². The van der Waals surface area contributed by atoms with Gasteiger partial charge >= 0.3 is 0 Å². The van der Waals surface area contributed by atoms with E-state index in [0.717, 1.165) is 67.1 Å². The molecule has 33 heavy (non-hydrogen) atoms. The maximum absolute atomic E-state index is 12.9. The van der Waals surface area contributed by atoms with Crippen molar-refractivity contribution in [1.82, 2.24) is 15.2 Å². The highest BCUT2D eigenvalue weighted by molar-refractivity contribution is 6.05. The number of hydrogen-bond donors (Lipinski definition) is 2. The van der Waals surface area contributed by atoms with Gasteiger partial charge in [-0.05, 0) is 42.2 Å². The fourth-order valence-electron chi connectivity index (χ4n) is 4.42. The molecule has 0 bridgehead atoms. The topological polar surface area (TPSA) is 100 Å². The largest absolute Gasteiger partial charge is 0.450 e. The van der Waals surface area contributed by atoms with Gasteiger partial charge in [-0.1, -0.05) is 23.4 Å². The summed E-state index contributed by atoms with van der Waals surface area (Å²) in [6.07, 6.45) is 4.95. The lowest BCUT2D eigenvalue weighted by Gasteiger charge is -2.26. The van der Waals surface area contributed by atoms with Crippen molar-refractivity contribution in [3.63, 3.8) is 0 Å². The Morgan fingerprint density at radius 1 is 1.06 bits per heavy atom. The number of amides is 1. The molecule has 8 heteroatoms. The Hall–Kier alpha value is -3.49. The molecule has 0 unspecified atom stereocenters. The summed E-state index contributed by atoms with van der Waals surface area (Å²) in [7, 11) is 0. The van der Waals surface area contributed by atoms with Crippen LogP contribution in [0.25, 0.3) is 22.5 Å². The minimum Gasteiger partial charge on any atom is -0.450 e. The molecule has 5 rings (SSSR count). The van der Waals surface area contributed by atoms with Gasteiger partial charge in [-0.15, -0.1) is 0 Å². The monoisotopic (exact) mass is 446 g/mol. The number of nitrogens with one attached hydrogen (secondary N) is 1. The number of hydrogen-bond acceptors (Lipinski definition) is 7. The predicted molar refractivity (Wildman–Crippen MR) is 124 cm³/mol. The van der Waals surface area contributed by atoms with Crippen LogP contribution in [0.5, 0.6) is 0 Å². The Morgan fingerprint density at radius 3 is 2.67 bits per heavy atom. The van der Waals surface area contributed by atoms with Crippen LogP contribution in [0.15, 0.2) is 58.4 Å². The third kappa shape index (κ3) is 4.53. The third-order valence-electron chi connectivity index (χ3n) is 6.19. The molecular weight excluding hydrogens is 420 g/mol. The Labute approximate surface area is 191 Å². The molecule has 1 aliphatic carbocycles. The summed E-state index contributed by atoms with van der Waals surface area (Å²) in [5, 5.41) is 15.6. The molecule has 2 aromatic heterocycles. The summed E-state index contributed by atoms with van der Waals surface area (Å²) in [6, 6.07) is 11.6.